The Morgan fingerprint density at radius 3 is 2.33 bits per heavy atom. The standard InChI is InChI=1S/C17H26FNO2/c1-15(2)10-14(16(3,4)21-15)19-11-17(5,20)12-6-8-13(18)9-7-12/h6-9,14,19-20H,10-11H2,1-5H3. The highest BCUT2D eigenvalue weighted by atomic mass is 19.1. The Labute approximate surface area is 126 Å². The number of rotatable bonds is 4. The van der Waals surface area contributed by atoms with E-state index in [1.54, 1.807) is 19.1 Å². The molecule has 0 aliphatic carbocycles. The maximum atomic E-state index is 13.0. The fourth-order valence-corrected chi connectivity index (χ4v) is 3.11. The van der Waals surface area contributed by atoms with Crippen molar-refractivity contribution in [3.63, 3.8) is 0 Å². The van der Waals surface area contributed by atoms with Crippen molar-refractivity contribution in [3.8, 4) is 0 Å². The molecule has 2 atom stereocenters. The minimum absolute atomic E-state index is 0.164. The van der Waals surface area contributed by atoms with Gasteiger partial charge in [-0.25, -0.2) is 4.39 Å². The molecule has 1 aliphatic rings. The van der Waals surface area contributed by atoms with Gasteiger partial charge in [0.15, 0.2) is 0 Å². The van der Waals surface area contributed by atoms with E-state index >= 15 is 0 Å². The van der Waals surface area contributed by atoms with E-state index in [0.717, 1.165) is 6.42 Å². The smallest absolute Gasteiger partial charge is 0.123 e. The lowest BCUT2D eigenvalue weighted by molar-refractivity contribution is -0.0711. The normalized spacial score (nSPS) is 26.5. The van der Waals surface area contributed by atoms with E-state index in [0.29, 0.717) is 12.1 Å². The molecule has 4 heteroatoms. The molecule has 1 aromatic rings. The zero-order chi connectivity index (χ0) is 15.9. The highest BCUT2D eigenvalue weighted by Gasteiger charge is 2.46. The van der Waals surface area contributed by atoms with Crippen LogP contribution >= 0.6 is 0 Å². The van der Waals surface area contributed by atoms with Gasteiger partial charge in [-0.15, -0.1) is 0 Å². The van der Waals surface area contributed by atoms with E-state index in [1.165, 1.54) is 12.1 Å². The molecule has 21 heavy (non-hydrogen) atoms. The molecule has 1 heterocycles. The van der Waals surface area contributed by atoms with Crippen molar-refractivity contribution in [1.29, 1.82) is 0 Å². The maximum absolute atomic E-state index is 13.0. The van der Waals surface area contributed by atoms with E-state index < -0.39 is 5.60 Å². The van der Waals surface area contributed by atoms with Gasteiger partial charge in [0.05, 0.1) is 16.8 Å². The Kier molecular flexibility index (Phi) is 4.17. The predicted octanol–water partition coefficient (Wildman–Crippen LogP) is 2.97. The van der Waals surface area contributed by atoms with Gasteiger partial charge < -0.3 is 15.2 Å². The van der Waals surface area contributed by atoms with Crippen molar-refractivity contribution in [2.24, 2.45) is 0 Å². The fraction of sp³-hybridized carbons (Fsp3) is 0.647. The van der Waals surface area contributed by atoms with Gasteiger partial charge in [-0.1, -0.05) is 12.1 Å². The van der Waals surface area contributed by atoms with Crippen LogP contribution in [0.2, 0.25) is 0 Å². The molecule has 118 valence electrons. The molecular weight excluding hydrogens is 269 g/mol. The first-order chi connectivity index (χ1) is 9.52. The molecule has 2 rings (SSSR count). The van der Waals surface area contributed by atoms with E-state index in [2.05, 4.69) is 33.0 Å². The molecule has 0 spiro atoms. The van der Waals surface area contributed by atoms with Crippen LogP contribution in [0.5, 0.6) is 0 Å². The molecule has 0 radical (unpaired) electrons. The van der Waals surface area contributed by atoms with Crippen molar-refractivity contribution >= 4 is 0 Å². The van der Waals surface area contributed by atoms with Crippen LogP contribution in [0.25, 0.3) is 0 Å². The van der Waals surface area contributed by atoms with Gasteiger partial charge in [0.2, 0.25) is 0 Å². The number of benzene rings is 1. The summed E-state index contributed by atoms with van der Waals surface area (Å²) in [5.41, 5.74) is -0.783. The lowest BCUT2D eigenvalue weighted by atomic mass is 9.91. The fourth-order valence-electron chi connectivity index (χ4n) is 3.11. The quantitative estimate of drug-likeness (QED) is 0.897. The van der Waals surface area contributed by atoms with E-state index in [-0.39, 0.29) is 23.1 Å². The zero-order valence-electron chi connectivity index (χ0n) is 13.5. The third-order valence-electron chi connectivity index (χ3n) is 4.23. The van der Waals surface area contributed by atoms with Crippen LogP contribution < -0.4 is 5.32 Å². The minimum atomic E-state index is -1.05. The van der Waals surface area contributed by atoms with Crippen LogP contribution in [-0.4, -0.2) is 28.9 Å². The molecule has 1 fully saturated rings. The van der Waals surface area contributed by atoms with E-state index in [9.17, 15) is 9.50 Å². The third kappa shape index (κ3) is 3.82. The second-order valence-corrected chi connectivity index (χ2v) is 7.38. The summed E-state index contributed by atoms with van der Waals surface area (Å²) in [5.74, 6) is -0.297. The molecule has 2 unspecified atom stereocenters. The lowest BCUT2D eigenvalue weighted by Gasteiger charge is -2.31. The Morgan fingerprint density at radius 1 is 1.29 bits per heavy atom. The Bertz CT molecular complexity index is 494. The summed E-state index contributed by atoms with van der Waals surface area (Å²) in [6.07, 6.45) is 0.888. The van der Waals surface area contributed by atoms with Crippen LogP contribution in [0.4, 0.5) is 4.39 Å². The van der Waals surface area contributed by atoms with E-state index in [1.807, 2.05) is 0 Å². The second kappa shape index (κ2) is 5.34. The van der Waals surface area contributed by atoms with Gasteiger partial charge in [-0.2, -0.15) is 0 Å². The average molecular weight is 295 g/mol. The number of halogens is 1. The highest BCUT2D eigenvalue weighted by molar-refractivity contribution is 5.22. The van der Waals surface area contributed by atoms with Crippen LogP contribution in [0, 0.1) is 5.82 Å². The number of hydrogen-bond acceptors (Lipinski definition) is 3. The van der Waals surface area contributed by atoms with Gasteiger partial charge in [0.25, 0.3) is 0 Å². The first kappa shape index (κ1) is 16.4. The number of aliphatic hydroxyl groups is 1. The van der Waals surface area contributed by atoms with Gasteiger partial charge in [-0.05, 0) is 58.7 Å². The molecule has 1 aromatic carbocycles. The van der Waals surface area contributed by atoms with Crippen molar-refractivity contribution in [1.82, 2.24) is 5.32 Å². The molecule has 0 saturated carbocycles. The second-order valence-electron chi connectivity index (χ2n) is 7.38. The summed E-state index contributed by atoms with van der Waals surface area (Å²) in [7, 11) is 0. The highest BCUT2D eigenvalue weighted by Crippen LogP contribution is 2.37. The maximum Gasteiger partial charge on any atom is 0.123 e. The number of hydrogen-bond donors (Lipinski definition) is 2. The summed E-state index contributed by atoms with van der Waals surface area (Å²) >= 11 is 0. The summed E-state index contributed by atoms with van der Waals surface area (Å²) in [6, 6.07) is 6.15. The van der Waals surface area contributed by atoms with Crippen LogP contribution in [0.3, 0.4) is 0 Å². The zero-order valence-corrected chi connectivity index (χ0v) is 13.5. The number of nitrogens with one attached hydrogen (secondary N) is 1. The van der Waals surface area contributed by atoms with Gasteiger partial charge in [-0.3, -0.25) is 0 Å². The van der Waals surface area contributed by atoms with Gasteiger partial charge in [0, 0.05) is 12.6 Å². The lowest BCUT2D eigenvalue weighted by Crippen LogP contribution is -2.48. The van der Waals surface area contributed by atoms with Crippen molar-refractivity contribution in [2.75, 3.05) is 6.54 Å². The van der Waals surface area contributed by atoms with E-state index in [4.69, 9.17) is 4.74 Å². The molecule has 0 amide bonds. The Balaban J connectivity index is 2.03. The van der Waals surface area contributed by atoms with Gasteiger partial charge >= 0.3 is 0 Å². The first-order valence-corrected chi connectivity index (χ1v) is 7.44. The first-order valence-electron chi connectivity index (χ1n) is 7.44. The Morgan fingerprint density at radius 2 is 1.86 bits per heavy atom. The Hall–Kier alpha value is -0.970. The van der Waals surface area contributed by atoms with Crippen LogP contribution in [-0.2, 0) is 10.3 Å². The number of ether oxygens (including phenoxy) is 1. The van der Waals surface area contributed by atoms with Gasteiger partial charge in [0.1, 0.15) is 5.82 Å². The monoisotopic (exact) mass is 295 g/mol. The topological polar surface area (TPSA) is 41.5 Å². The SMILES string of the molecule is CC1(C)CC(NCC(C)(O)c2ccc(F)cc2)C(C)(C)O1. The summed E-state index contributed by atoms with van der Waals surface area (Å²) < 4.78 is 19.0. The summed E-state index contributed by atoms with van der Waals surface area (Å²) in [6.45, 7) is 10.4. The molecular formula is C17H26FNO2. The summed E-state index contributed by atoms with van der Waals surface area (Å²) in [5, 5.41) is 14.0. The molecule has 0 aromatic heterocycles. The van der Waals surface area contributed by atoms with Crippen molar-refractivity contribution in [2.45, 2.75) is 63.9 Å². The van der Waals surface area contributed by atoms with Crippen LogP contribution in [0.1, 0.15) is 46.6 Å². The minimum Gasteiger partial charge on any atom is -0.384 e. The third-order valence-corrected chi connectivity index (χ3v) is 4.23. The van der Waals surface area contributed by atoms with Crippen molar-refractivity contribution in [3.05, 3.63) is 35.6 Å². The molecule has 1 saturated heterocycles. The summed E-state index contributed by atoms with van der Waals surface area (Å²) in [4.78, 5) is 0. The predicted molar refractivity (Wildman–Crippen MR) is 81.6 cm³/mol. The molecule has 0 bridgehead atoms. The van der Waals surface area contributed by atoms with Crippen LogP contribution in [0.15, 0.2) is 24.3 Å². The largest absolute Gasteiger partial charge is 0.384 e. The molecule has 3 nitrogen and oxygen atoms in total. The average Bonchev–Trinajstić information content (AvgIpc) is 2.55. The van der Waals surface area contributed by atoms with Crippen molar-refractivity contribution < 1.29 is 14.2 Å². The molecule has 1 aliphatic heterocycles. The molecule has 2 N–H and O–H groups in total.